The van der Waals surface area contributed by atoms with Gasteiger partial charge in [-0.3, -0.25) is 5.43 Å². The Morgan fingerprint density at radius 1 is 1.31 bits per heavy atom. The quantitative estimate of drug-likeness (QED) is 0.559. The zero-order valence-corrected chi connectivity index (χ0v) is 8.33. The van der Waals surface area contributed by atoms with Gasteiger partial charge in [-0.25, -0.2) is 0 Å². The van der Waals surface area contributed by atoms with Crippen molar-refractivity contribution in [2.75, 3.05) is 12.0 Å². The predicted octanol–water partition coefficient (Wildman–Crippen LogP) is 3.10. The van der Waals surface area contributed by atoms with Gasteiger partial charge in [0.1, 0.15) is 0 Å². The van der Waals surface area contributed by atoms with E-state index >= 15 is 0 Å². The highest BCUT2D eigenvalue weighted by Gasteiger charge is 1.95. The van der Waals surface area contributed by atoms with E-state index in [-0.39, 0.29) is 0 Å². The van der Waals surface area contributed by atoms with E-state index in [1.165, 1.54) is 11.1 Å². The fourth-order valence-electron chi connectivity index (χ4n) is 1.10. The van der Waals surface area contributed by atoms with Crippen LogP contribution in [-0.4, -0.2) is 6.54 Å². The second-order valence-electron chi connectivity index (χ2n) is 2.99. The third-order valence-electron chi connectivity index (χ3n) is 1.76. The molecule has 13 heavy (non-hydrogen) atoms. The summed E-state index contributed by atoms with van der Waals surface area (Å²) in [4.78, 5) is 0. The van der Waals surface area contributed by atoms with Gasteiger partial charge in [-0.1, -0.05) is 22.9 Å². The van der Waals surface area contributed by atoms with Crippen LogP contribution in [0.2, 0.25) is 0 Å². The fraction of sp³-hybridized carbons (Fsp3) is 0.400. The van der Waals surface area contributed by atoms with Crippen LogP contribution in [0.1, 0.15) is 18.1 Å². The summed E-state index contributed by atoms with van der Waals surface area (Å²) >= 11 is 0. The Kier molecular flexibility index (Phi) is 3.43. The van der Waals surface area contributed by atoms with Crippen molar-refractivity contribution in [2.24, 2.45) is 10.3 Å². The topological polar surface area (TPSA) is 36.8 Å². The third kappa shape index (κ3) is 2.86. The lowest BCUT2D eigenvalue weighted by molar-refractivity contribution is 0.962. The molecule has 0 fully saturated rings. The van der Waals surface area contributed by atoms with Crippen molar-refractivity contribution in [3.63, 3.8) is 0 Å². The van der Waals surface area contributed by atoms with E-state index in [4.69, 9.17) is 0 Å². The minimum atomic E-state index is 0.706. The van der Waals surface area contributed by atoms with Gasteiger partial charge in [-0.2, -0.15) is 5.11 Å². The molecule has 0 aliphatic carbocycles. The number of nitrogens with one attached hydrogen (secondary N) is 1. The summed E-state index contributed by atoms with van der Waals surface area (Å²) in [5.74, 6) is 0. The molecule has 0 aliphatic heterocycles. The molecule has 0 heterocycles. The lowest BCUT2D eigenvalue weighted by Gasteiger charge is -2.04. The van der Waals surface area contributed by atoms with Crippen LogP contribution < -0.4 is 5.43 Å². The second-order valence-corrected chi connectivity index (χ2v) is 2.99. The first-order valence-electron chi connectivity index (χ1n) is 4.43. The van der Waals surface area contributed by atoms with E-state index in [0.717, 1.165) is 5.69 Å². The molecule has 3 heteroatoms. The largest absolute Gasteiger partial charge is 0.260 e. The van der Waals surface area contributed by atoms with Gasteiger partial charge in [0.05, 0.1) is 12.2 Å². The van der Waals surface area contributed by atoms with Crippen LogP contribution in [0.25, 0.3) is 0 Å². The number of anilines is 1. The Morgan fingerprint density at radius 2 is 2.08 bits per heavy atom. The summed E-state index contributed by atoms with van der Waals surface area (Å²) in [7, 11) is 0. The number of rotatable bonds is 3. The highest BCUT2D eigenvalue weighted by molar-refractivity contribution is 5.51. The Labute approximate surface area is 78.9 Å². The zero-order valence-electron chi connectivity index (χ0n) is 8.33. The van der Waals surface area contributed by atoms with Gasteiger partial charge in [0.25, 0.3) is 0 Å². The molecule has 1 aromatic rings. The Morgan fingerprint density at radius 3 is 2.69 bits per heavy atom. The summed E-state index contributed by atoms with van der Waals surface area (Å²) in [6.45, 7) is 6.78. The van der Waals surface area contributed by atoms with Crippen LogP contribution in [0.4, 0.5) is 5.69 Å². The molecule has 1 aromatic carbocycles. The van der Waals surface area contributed by atoms with Crippen LogP contribution in [0.15, 0.2) is 28.5 Å². The highest BCUT2D eigenvalue weighted by atomic mass is 15.4. The number of nitrogens with zero attached hydrogens (tertiary/aromatic N) is 2. The van der Waals surface area contributed by atoms with Gasteiger partial charge >= 0.3 is 0 Å². The average molecular weight is 177 g/mol. The van der Waals surface area contributed by atoms with Crippen LogP contribution in [0.5, 0.6) is 0 Å². The minimum Gasteiger partial charge on any atom is -0.260 e. The summed E-state index contributed by atoms with van der Waals surface area (Å²) in [6.07, 6.45) is 0. The van der Waals surface area contributed by atoms with E-state index in [9.17, 15) is 0 Å². The van der Waals surface area contributed by atoms with E-state index in [1.54, 1.807) is 0 Å². The van der Waals surface area contributed by atoms with Crippen molar-refractivity contribution in [1.82, 2.24) is 0 Å². The van der Waals surface area contributed by atoms with Crippen LogP contribution >= 0.6 is 0 Å². The van der Waals surface area contributed by atoms with Crippen molar-refractivity contribution in [2.45, 2.75) is 20.8 Å². The first kappa shape index (κ1) is 9.71. The maximum atomic E-state index is 3.84. The number of hydrogen-bond donors (Lipinski definition) is 1. The molecule has 0 amide bonds. The van der Waals surface area contributed by atoms with Crippen molar-refractivity contribution in [1.29, 1.82) is 0 Å². The Hall–Kier alpha value is -1.38. The number of hydrogen-bond acceptors (Lipinski definition) is 2. The maximum absolute atomic E-state index is 3.84. The minimum absolute atomic E-state index is 0.706. The maximum Gasteiger partial charge on any atom is 0.0608 e. The van der Waals surface area contributed by atoms with Crippen LogP contribution in [0, 0.1) is 13.8 Å². The molecule has 0 aliphatic rings. The zero-order chi connectivity index (χ0) is 9.68. The van der Waals surface area contributed by atoms with Crippen LogP contribution in [0.3, 0.4) is 0 Å². The molecule has 0 aromatic heterocycles. The van der Waals surface area contributed by atoms with Crippen LogP contribution in [-0.2, 0) is 0 Å². The first-order chi connectivity index (χ1) is 6.24. The molecular formula is C10H15N3. The van der Waals surface area contributed by atoms with Gasteiger partial charge in [-0.05, 0) is 32.4 Å². The molecule has 0 unspecified atom stereocenters. The van der Waals surface area contributed by atoms with E-state index < -0.39 is 0 Å². The van der Waals surface area contributed by atoms with Crippen molar-refractivity contribution in [3.05, 3.63) is 29.3 Å². The van der Waals surface area contributed by atoms with Gasteiger partial charge in [0.2, 0.25) is 0 Å². The monoisotopic (exact) mass is 177 g/mol. The fourth-order valence-corrected chi connectivity index (χ4v) is 1.10. The summed E-state index contributed by atoms with van der Waals surface area (Å²) in [6, 6.07) is 6.18. The Balaban J connectivity index is 2.72. The molecule has 0 saturated carbocycles. The summed E-state index contributed by atoms with van der Waals surface area (Å²) in [5.41, 5.74) is 6.37. The summed E-state index contributed by atoms with van der Waals surface area (Å²) < 4.78 is 0. The lowest BCUT2D eigenvalue weighted by atomic mass is 10.1. The number of benzene rings is 1. The molecular weight excluding hydrogens is 162 g/mol. The van der Waals surface area contributed by atoms with Gasteiger partial charge in [0.15, 0.2) is 0 Å². The molecule has 0 radical (unpaired) electrons. The molecule has 0 spiro atoms. The van der Waals surface area contributed by atoms with E-state index in [0.29, 0.717) is 6.54 Å². The first-order valence-corrected chi connectivity index (χ1v) is 4.43. The third-order valence-corrected chi connectivity index (χ3v) is 1.76. The summed E-state index contributed by atoms with van der Waals surface area (Å²) in [5, 5.41) is 7.67. The molecule has 0 saturated heterocycles. The molecule has 70 valence electrons. The van der Waals surface area contributed by atoms with Gasteiger partial charge < -0.3 is 0 Å². The van der Waals surface area contributed by atoms with Crippen molar-refractivity contribution in [3.8, 4) is 0 Å². The predicted molar refractivity (Wildman–Crippen MR) is 54.9 cm³/mol. The average Bonchev–Trinajstić information content (AvgIpc) is 2.09. The van der Waals surface area contributed by atoms with Crippen molar-refractivity contribution >= 4 is 5.69 Å². The molecule has 1 rings (SSSR count). The van der Waals surface area contributed by atoms with Gasteiger partial charge in [0, 0.05) is 0 Å². The molecule has 1 N–H and O–H groups in total. The van der Waals surface area contributed by atoms with Gasteiger partial charge in [-0.15, -0.1) is 0 Å². The number of aryl methyl sites for hydroxylation is 2. The Bertz CT molecular complexity index is 305. The van der Waals surface area contributed by atoms with E-state index in [1.807, 2.05) is 13.0 Å². The normalized spacial score (nSPS) is 10.7. The standard InChI is InChI=1S/C10H15N3/c1-4-11-13-12-10-6-5-8(2)7-9(10)3/h5-7H,4H2,1-3H3,(H,11,12). The molecule has 0 atom stereocenters. The molecule has 0 bridgehead atoms. The second kappa shape index (κ2) is 4.60. The lowest BCUT2D eigenvalue weighted by Crippen LogP contribution is -1.90. The highest BCUT2D eigenvalue weighted by Crippen LogP contribution is 2.15. The van der Waals surface area contributed by atoms with E-state index in [2.05, 4.69) is 41.7 Å². The molecule has 3 nitrogen and oxygen atoms in total. The van der Waals surface area contributed by atoms with Crippen molar-refractivity contribution < 1.29 is 0 Å². The smallest absolute Gasteiger partial charge is 0.0608 e. The SMILES string of the molecule is CCN=NNc1ccc(C)cc1C.